The van der Waals surface area contributed by atoms with E-state index in [2.05, 4.69) is 4.98 Å². The summed E-state index contributed by atoms with van der Waals surface area (Å²) in [7, 11) is -3.49. The second kappa shape index (κ2) is 5.43. The highest BCUT2D eigenvalue weighted by Crippen LogP contribution is 2.22. The standard InChI is InChI=1S/C15H14N2O2S/c1-11-5-6-12(2)15(8-11)20(18,19)10-13-4-3-7-17-14(13)9-16/h3-8H,10H2,1-2H3. The molecule has 0 aliphatic rings. The second-order valence-electron chi connectivity index (χ2n) is 4.65. The van der Waals surface area contributed by atoms with Crippen LogP contribution in [-0.4, -0.2) is 13.4 Å². The molecule has 1 aromatic carbocycles. The van der Waals surface area contributed by atoms with E-state index in [1.807, 2.05) is 19.1 Å². The highest BCUT2D eigenvalue weighted by atomic mass is 32.2. The first-order valence-electron chi connectivity index (χ1n) is 6.08. The smallest absolute Gasteiger partial charge is 0.182 e. The number of hydrogen-bond donors (Lipinski definition) is 0. The third-order valence-electron chi connectivity index (χ3n) is 3.02. The van der Waals surface area contributed by atoms with E-state index in [9.17, 15) is 8.42 Å². The van der Waals surface area contributed by atoms with Gasteiger partial charge in [-0.15, -0.1) is 0 Å². The molecule has 0 unspecified atom stereocenters. The number of aryl methyl sites for hydroxylation is 2. The van der Waals surface area contributed by atoms with Gasteiger partial charge in [0.2, 0.25) is 0 Å². The lowest BCUT2D eigenvalue weighted by molar-refractivity contribution is 0.594. The zero-order chi connectivity index (χ0) is 14.8. The van der Waals surface area contributed by atoms with Crippen LogP contribution in [0.15, 0.2) is 41.4 Å². The summed E-state index contributed by atoms with van der Waals surface area (Å²) < 4.78 is 25.0. The molecule has 2 rings (SSSR count). The van der Waals surface area contributed by atoms with Gasteiger partial charge in [0.15, 0.2) is 9.84 Å². The van der Waals surface area contributed by atoms with Crippen LogP contribution in [0.5, 0.6) is 0 Å². The van der Waals surface area contributed by atoms with Crippen LogP contribution in [-0.2, 0) is 15.6 Å². The Morgan fingerprint density at radius 1 is 1.25 bits per heavy atom. The van der Waals surface area contributed by atoms with Crippen LogP contribution in [0.25, 0.3) is 0 Å². The van der Waals surface area contributed by atoms with Gasteiger partial charge in [-0.2, -0.15) is 5.26 Å². The Kier molecular flexibility index (Phi) is 3.86. The van der Waals surface area contributed by atoms with Crippen molar-refractivity contribution < 1.29 is 8.42 Å². The summed E-state index contributed by atoms with van der Waals surface area (Å²) in [5.41, 5.74) is 2.18. The van der Waals surface area contributed by atoms with Gasteiger partial charge in [-0.3, -0.25) is 0 Å². The van der Waals surface area contributed by atoms with Gasteiger partial charge in [0.25, 0.3) is 0 Å². The van der Waals surface area contributed by atoms with Gasteiger partial charge < -0.3 is 0 Å². The maximum Gasteiger partial charge on any atom is 0.182 e. The Bertz CT molecular complexity index is 790. The van der Waals surface area contributed by atoms with Gasteiger partial charge in [-0.05, 0) is 37.1 Å². The van der Waals surface area contributed by atoms with Crippen molar-refractivity contribution in [2.24, 2.45) is 0 Å². The third kappa shape index (κ3) is 2.86. The van der Waals surface area contributed by atoms with Gasteiger partial charge in [0.05, 0.1) is 10.6 Å². The molecule has 5 heteroatoms. The predicted molar refractivity (Wildman–Crippen MR) is 75.8 cm³/mol. The van der Waals surface area contributed by atoms with Crippen molar-refractivity contribution >= 4 is 9.84 Å². The Morgan fingerprint density at radius 2 is 2.00 bits per heavy atom. The molecule has 0 aliphatic heterocycles. The quantitative estimate of drug-likeness (QED) is 0.869. The maximum atomic E-state index is 12.5. The van der Waals surface area contributed by atoms with Crippen molar-refractivity contribution in [2.75, 3.05) is 0 Å². The lowest BCUT2D eigenvalue weighted by Gasteiger charge is -2.09. The first-order valence-corrected chi connectivity index (χ1v) is 7.73. The van der Waals surface area contributed by atoms with E-state index >= 15 is 0 Å². The summed E-state index contributed by atoms with van der Waals surface area (Å²) in [6.45, 7) is 3.62. The number of nitriles is 1. The number of aromatic nitrogens is 1. The fourth-order valence-corrected chi connectivity index (χ4v) is 3.70. The van der Waals surface area contributed by atoms with E-state index in [4.69, 9.17) is 5.26 Å². The molecule has 2 aromatic rings. The Labute approximate surface area is 118 Å². The van der Waals surface area contributed by atoms with Crippen LogP contribution in [0.1, 0.15) is 22.4 Å². The predicted octanol–water partition coefficient (Wildman–Crippen LogP) is 2.54. The SMILES string of the molecule is Cc1ccc(C)c(S(=O)(=O)Cc2cccnc2C#N)c1. The minimum absolute atomic E-state index is 0.154. The molecule has 0 saturated heterocycles. The van der Waals surface area contributed by atoms with Crippen LogP contribution >= 0.6 is 0 Å². The zero-order valence-corrected chi connectivity index (χ0v) is 12.1. The molecule has 1 aromatic heterocycles. The van der Waals surface area contributed by atoms with Gasteiger partial charge >= 0.3 is 0 Å². The maximum absolute atomic E-state index is 12.5. The van der Waals surface area contributed by atoms with Gasteiger partial charge in [-0.1, -0.05) is 18.2 Å². The fourth-order valence-electron chi connectivity index (χ4n) is 1.98. The van der Waals surface area contributed by atoms with E-state index in [-0.39, 0.29) is 11.4 Å². The molecule has 0 radical (unpaired) electrons. The molecule has 1 heterocycles. The number of sulfone groups is 1. The molecule has 20 heavy (non-hydrogen) atoms. The summed E-state index contributed by atoms with van der Waals surface area (Å²) in [5, 5.41) is 8.98. The lowest BCUT2D eigenvalue weighted by atomic mass is 10.2. The van der Waals surface area contributed by atoms with Crippen LogP contribution in [0.3, 0.4) is 0 Å². The first kappa shape index (κ1) is 14.2. The van der Waals surface area contributed by atoms with E-state index in [0.717, 1.165) is 5.56 Å². The molecule has 0 amide bonds. The molecule has 0 saturated carbocycles. The lowest BCUT2D eigenvalue weighted by Crippen LogP contribution is -2.09. The monoisotopic (exact) mass is 286 g/mol. The van der Waals surface area contributed by atoms with Crippen molar-refractivity contribution in [3.8, 4) is 6.07 Å². The van der Waals surface area contributed by atoms with Crippen LogP contribution < -0.4 is 0 Å². The zero-order valence-electron chi connectivity index (χ0n) is 11.3. The molecular weight excluding hydrogens is 272 g/mol. The third-order valence-corrected chi connectivity index (χ3v) is 4.82. The minimum Gasteiger partial charge on any atom is -0.245 e. The van der Waals surface area contributed by atoms with Crippen LogP contribution in [0.2, 0.25) is 0 Å². The fraction of sp³-hybridized carbons (Fsp3) is 0.200. The van der Waals surface area contributed by atoms with Crippen molar-refractivity contribution in [1.82, 2.24) is 4.98 Å². The Hall–Kier alpha value is -2.19. The average molecular weight is 286 g/mol. The van der Waals surface area contributed by atoms with Crippen LogP contribution in [0.4, 0.5) is 0 Å². The Morgan fingerprint density at radius 3 is 2.70 bits per heavy atom. The van der Waals surface area contributed by atoms with Crippen LogP contribution in [0, 0.1) is 25.2 Å². The summed E-state index contributed by atoms with van der Waals surface area (Å²) >= 11 is 0. The summed E-state index contributed by atoms with van der Waals surface area (Å²) in [4.78, 5) is 4.20. The molecule has 4 nitrogen and oxygen atoms in total. The molecule has 0 atom stereocenters. The largest absolute Gasteiger partial charge is 0.245 e. The number of pyridine rings is 1. The van der Waals surface area contributed by atoms with Crippen molar-refractivity contribution in [2.45, 2.75) is 24.5 Å². The van der Waals surface area contributed by atoms with Gasteiger partial charge in [-0.25, -0.2) is 13.4 Å². The van der Waals surface area contributed by atoms with E-state index in [0.29, 0.717) is 16.0 Å². The summed E-state index contributed by atoms with van der Waals surface area (Å²) in [5.74, 6) is -0.214. The topological polar surface area (TPSA) is 70.8 Å². The van der Waals surface area contributed by atoms with Gasteiger partial charge in [0.1, 0.15) is 11.8 Å². The van der Waals surface area contributed by atoms with Crippen molar-refractivity contribution in [3.05, 3.63) is 58.9 Å². The highest BCUT2D eigenvalue weighted by molar-refractivity contribution is 7.90. The normalized spacial score (nSPS) is 11.1. The van der Waals surface area contributed by atoms with E-state index in [1.54, 1.807) is 31.2 Å². The molecule has 0 fully saturated rings. The Balaban J connectivity index is 2.47. The molecule has 102 valence electrons. The summed E-state index contributed by atoms with van der Waals surface area (Å²) in [6.07, 6.45) is 1.48. The van der Waals surface area contributed by atoms with Gasteiger partial charge in [0, 0.05) is 11.8 Å². The summed E-state index contributed by atoms with van der Waals surface area (Å²) in [6, 6.07) is 10.5. The second-order valence-corrected chi connectivity index (χ2v) is 6.61. The number of hydrogen-bond acceptors (Lipinski definition) is 4. The number of benzene rings is 1. The first-order chi connectivity index (χ1) is 9.44. The molecule has 0 spiro atoms. The van der Waals surface area contributed by atoms with Crippen molar-refractivity contribution in [1.29, 1.82) is 5.26 Å². The molecule has 0 bridgehead atoms. The number of nitrogens with zero attached hydrogens (tertiary/aromatic N) is 2. The van der Waals surface area contributed by atoms with Crippen molar-refractivity contribution in [3.63, 3.8) is 0 Å². The molecule has 0 aliphatic carbocycles. The van der Waals surface area contributed by atoms with E-state index < -0.39 is 9.84 Å². The van der Waals surface area contributed by atoms with E-state index in [1.165, 1.54) is 6.20 Å². The highest BCUT2D eigenvalue weighted by Gasteiger charge is 2.20. The molecular formula is C15H14N2O2S. The molecule has 0 N–H and O–H groups in total. The minimum atomic E-state index is -3.49. The average Bonchev–Trinajstić information content (AvgIpc) is 2.41. The number of rotatable bonds is 3.